The normalized spacial score (nSPS) is 21.1. The number of rotatable bonds is 5. The Hall–Kier alpha value is -2.45. The first-order chi connectivity index (χ1) is 14.3. The number of hydrogen-bond donors (Lipinski definition) is 1. The van der Waals surface area contributed by atoms with Crippen LogP contribution in [0, 0.1) is 5.92 Å². The first-order valence-corrected chi connectivity index (χ1v) is 12.0. The molecule has 2 aromatic rings. The van der Waals surface area contributed by atoms with E-state index in [-0.39, 0.29) is 29.1 Å². The van der Waals surface area contributed by atoms with Crippen LogP contribution in [0.15, 0.2) is 41.2 Å². The molecule has 1 aromatic heterocycles. The molecule has 0 saturated carbocycles. The van der Waals surface area contributed by atoms with E-state index in [0.29, 0.717) is 31.7 Å². The predicted molar refractivity (Wildman–Crippen MR) is 117 cm³/mol. The minimum absolute atomic E-state index is 0.0111. The Balaban J connectivity index is 1.73. The summed E-state index contributed by atoms with van der Waals surface area (Å²) in [5.41, 5.74) is 3.48. The Morgan fingerprint density at radius 1 is 1.10 bits per heavy atom. The van der Waals surface area contributed by atoms with E-state index in [9.17, 15) is 18.0 Å². The number of benzene rings is 1. The van der Waals surface area contributed by atoms with Crippen molar-refractivity contribution < 1.29 is 13.2 Å². The summed E-state index contributed by atoms with van der Waals surface area (Å²) >= 11 is 0. The molecule has 2 aliphatic heterocycles. The quantitative estimate of drug-likeness (QED) is 0.791. The maximum absolute atomic E-state index is 12.7. The molecule has 8 heteroatoms. The van der Waals surface area contributed by atoms with E-state index in [1.807, 2.05) is 41.8 Å². The van der Waals surface area contributed by atoms with E-state index in [0.717, 1.165) is 23.2 Å². The van der Waals surface area contributed by atoms with Crippen molar-refractivity contribution in [1.29, 1.82) is 0 Å². The number of pyridine rings is 1. The van der Waals surface area contributed by atoms with Gasteiger partial charge in [0.1, 0.15) is 0 Å². The van der Waals surface area contributed by atoms with Crippen molar-refractivity contribution in [1.82, 2.24) is 8.87 Å². The van der Waals surface area contributed by atoms with Gasteiger partial charge in [0.15, 0.2) is 0 Å². The highest BCUT2D eigenvalue weighted by Gasteiger charge is 2.39. The number of piperidine rings is 1. The van der Waals surface area contributed by atoms with Crippen LogP contribution in [0.5, 0.6) is 0 Å². The molecule has 7 nitrogen and oxygen atoms in total. The van der Waals surface area contributed by atoms with Crippen molar-refractivity contribution in [3.8, 4) is 11.1 Å². The van der Waals surface area contributed by atoms with Gasteiger partial charge in [-0.2, -0.15) is 0 Å². The number of amides is 1. The van der Waals surface area contributed by atoms with Gasteiger partial charge >= 0.3 is 0 Å². The number of nitrogens with one attached hydrogen (secondary N) is 1. The third-order valence-electron chi connectivity index (χ3n) is 5.93. The van der Waals surface area contributed by atoms with Gasteiger partial charge in [-0.05, 0) is 42.5 Å². The molecular formula is C22H27N3O4S. The Kier molecular flexibility index (Phi) is 5.55. The Labute approximate surface area is 176 Å². The fraction of sp³-hybridized carbons (Fsp3) is 0.455. The lowest BCUT2D eigenvalue weighted by Crippen LogP contribution is -2.49. The molecule has 1 fully saturated rings. The molecular weight excluding hydrogens is 402 g/mol. The molecule has 2 bridgehead atoms. The van der Waals surface area contributed by atoms with Gasteiger partial charge in [0, 0.05) is 55.5 Å². The largest absolute Gasteiger partial charge is 0.326 e. The average molecular weight is 430 g/mol. The molecule has 1 aromatic carbocycles. The third kappa shape index (κ3) is 3.94. The van der Waals surface area contributed by atoms with Gasteiger partial charge in [-0.25, -0.2) is 12.7 Å². The first-order valence-electron chi connectivity index (χ1n) is 10.4. The van der Waals surface area contributed by atoms with Crippen LogP contribution < -0.4 is 10.9 Å². The van der Waals surface area contributed by atoms with Gasteiger partial charge in [-0.1, -0.05) is 19.1 Å². The van der Waals surface area contributed by atoms with Gasteiger partial charge in [0.05, 0.1) is 5.75 Å². The summed E-state index contributed by atoms with van der Waals surface area (Å²) in [6.45, 7) is 4.78. The van der Waals surface area contributed by atoms with Crippen molar-refractivity contribution in [3.05, 3.63) is 52.4 Å². The Bertz CT molecular complexity index is 1120. The van der Waals surface area contributed by atoms with Gasteiger partial charge < -0.3 is 9.88 Å². The van der Waals surface area contributed by atoms with Crippen LogP contribution in [0.25, 0.3) is 11.1 Å². The van der Waals surface area contributed by atoms with E-state index < -0.39 is 10.0 Å². The van der Waals surface area contributed by atoms with Gasteiger partial charge in [0.25, 0.3) is 5.56 Å². The molecule has 2 atom stereocenters. The van der Waals surface area contributed by atoms with Crippen molar-refractivity contribution in [2.75, 3.05) is 24.2 Å². The number of anilines is 1. The number of nitrogens with zero attached hydrogens (tertiary/aromatic N) is 2. The van der Waals surface area contributed by atoms with Crippen LogP contribution >= 0.6 is 0 Å². The summed E-state index contributed by atoms with van der Waals surface area (Å²) in [6, 6.07) is 10.9. The maximum Gasteiger partial charge on any atom is 0.250 e. The molecule has 30 heavy (non-hydrogen) atoms. The van der Waals surface area contributed by atoms with Gasteiger partial charge in [-0.3, -0.25) is 9.59 Å². The number of hydrogen-bond acceptors (Lipinski definition) is 4. The fourth-order valence-electron chi connectivity index (χ4n) is 4.77. The summed E-state index contributed by atoms with van der Waals surface area (Å²) in [6.07, 6.45) is 1.48. The molecule has 160 valence electrons. The molecule has 4 rings (SSSR count). The van der Waals surface area contributed by atoms with E-state index in [2.05, 4.69) is 5.32 Å². The van der Waals surface area contributed by atoms with E-state index >= 15 is 0 Å². The highest BCUT2D eigenvalue weighted by atomic mass is 32.2. The zero-order chi connectivity index (χ0) is 21.5. The summed E-state index contributed by atoms with van der Waals surface area (Å²) < 4.78 is 28.9. The minimum Gasteiger partial charge on any atom is -0.326 e. The average Bonchev–Trinajstić information content (AvgIpc) is 2.69. The van der Waals surface area contributed by atoms with Crippen LogP contribution in [0.3, 0.4) is 0 Å². The summed E-state index contributed by atoms with van der Waals surface area (Å²) in [5, 5.41) is 2.76. The zero-order valence-corrected chi connectivity index (χ0v) is 18.1. The predicted octanol–water partition coefficient (Wildman–Crippen LogP) is 2.63. The summed E-state index contributed by atoms with van der Waals surface area (Å²) in [4.78, 5) is 23.9. The zero-order valence-electron chi connectivity index (χ0n) is 17.3. The summed E-state index contributed by atoms with van der Waals surface area (Å²) in [7, 11) is -3.28. The van der Waals surface area contributed by atoms with Gasteiger partial charge in [0.2, 0.25) is 15.9 Å². The van der Waals surface area contributed by atoms with Crippen molar-refractivity contribution in [2.45, 2.75) is 39.2 Å². The van der Waals surface area contributed by atoms with E-state index in [1.54, 1.807) is 10.4 Å². The number of fused-ring (bicyclic) bond motifs is 4. The molecule has 0 aliphatic carbocycles. The molecule has 1 saturated heterocycles. The molecule has 3 heterocycles. The van der Waals surface area contributed by atoms with Crippen LogP contribution in [0.2, 0.25) is 0 Å². The Morgan fingerprint density at radius 3 is 2.50 bits per heavy atom. The van der Waals surface area contributed by atoms with Crippen LogP contribution in [-0.4, -0.2) is 42.0 Å². The number of carbonyl (C=O) groups is 1. The second kappa shape index (κ2) is 8.00. The first kappa shape index (κ1) is 20.8. The molecule has 1 amide bonds. The molecule has 0 spiro atoms. The van der Waals surface area contributed by atoms with Crippen molar-refractivity contribution in [2.24, 2.45) is 5.92 Å². The number of carbonyl (C=O) groups excluding carboxylic acids is 1. The Morgan fingerprint density at radius 2 is 1.83 bits per heavy atom. The summed E-state index contributed by atoms with van der Waals surface area (Å²) in [5.74, 6) is 0.167. The number of sulfonamides is 1. The fourth-order valence-corrected chi connectivity index (χ4v) is 6.38. The maximum atomic E-state index is 12.7. The van der Waals surface area contributed by atoms with Crippen LogP contribution in [0.1, 0.15) is 38.3 Å². The lowest BCUT2D eigenvalue weighted by molar-refractivity contribution is -0.114. The molecule has 1 N–H and O–H groups in total. The highest BCUT2D eigenvalue weighted by molar-refractivity contribution is 7.89. The molecule has 2 aliphatic rings. The van der Waals surface area contributed by atoms with Crippen LogP contribution in [-0.2, 0) is 21.4 Å². The highest BCUT2D eigenvalue weighted by Crippen LogP contribution is 2.40. The van der Waals surface area contributed by atoms with E-state index in [1.165, 1.54) is 6.92 Å². The lowest BCUT2D eigenvalue weighted by Gasteiger charge is -2.43. The van der Waals surface area contributed by atoms with E-state index in [4.69, 9.17) is 0 Å². The SMILES string of the molecule is CCCS(=O)(=O)N1CC2CC(C1)c1c(-c3ccc(NC(C)=O)cc3)ccc(=O)n1C2. The minimum atomic E-state index is -3.28. The lowest BCUT2D eigenvalue weighted by atomic mass is 9.81. The second-order valence-corrected chi connectivity index (χ2v) is 10.4. The smallest absolute Gasteiger partial charge is 0.250 e. The van der Waals surface area contributed by atoms with Crippen molar-refractivity contribution in [3.63, 3.8) is 0 Å². The number of aromatic nitrogens is 1. The van der Waals surface area contributed by atoms with Crippen LogP contribution in [0.4, 0.5) is 5.69 Å². The van der Waals surface area contributed by atoms with Gasteiger partial charge in [-0.15, -0.1) is 0 Å². The standard InChI is InChI=1S/C22H27N3O4S/c1-3-10-30(28,29)24-12-16-11-18(14-24)22-20(8-9-21(27)25(22)13-16)17-4-6-19(7-5-17)23-15(2)26/h4-9,16,18H,3,10-14H2,1-2H3,(H,23,26). The third-order valence-corrected chi connectivity index (χ3v) is 7.94. The topological polar surface area (TPSA) is 88.5 Å². The van der Waals surface area contributed by atoms with Crippen molar-refractivity contribution >= 4 is 21.6 Å². The second-order valence-electron chi connectivity index (χ2n) is 8.27. The monoisotopic (exact) mass is 429 g/mol. The molecule has 0 radical (unpaired) electrons. The molecule has 2 unspecified atom stereocenters.